The molecule has 0 bridgehead atoms. The number of oxazole rings is 1. The van der Waals surface area contributed by atoms with Crippen molar-refractivity contribution in [3.63, 3.8) is 0 Å². The predicted molar refractivity (Wildman–Crippen MR) is 77.1 cm³/mol. The summed E-state index contributed by atoms with van der Waals surface area (Å²) in [4.78, 5) is 4.35. The molecule has 0 aliphatic carbocycles. The molecule has 1 fully saturated rings. The van der Waals surface area contributed by atoms with Gasteiger partial charge in [-0.3, -0.25) is 0 Å². The van der Waals surface area contributed by atoms with Gasteiger partial charge in [-0.1, -0.05) is 18.6 Å². The Morgan fingerprint density at radius 3 is 2.90 bits per heavy atom. The maximum Gasteiger partial charge on any atom is 0.197 e. The average Bonchev–Trinajstić information content (AvgIpc) is 2.80. The van der Waals surface area contributed by atoms with Gasteiger partial charge in [-0.05, 0) is 25.0 Å². The lowest BCUT2D eigenvalue weighted by Gasteiger charge is -2.26. The fourth-order valence-electron chi connectivity index (χ4n) is 2.80. The van der Waals surface area contributed by atoms with E-state index in [1.807, 2.05) is 24.3 Å². The van der Waals surface area contributed by atoms with E-state index in [-0.39, 0.29) is 5.75 Å². The molecular weight excluding hydrogens is 276 g/mol. The SMILES string of the molecule is NC(Cc1nc2ccccc2o1)C1CCCCS1(=O)=O. The van der Waals surface area contributed by atoms with E-state index >= 15 is 0 Å². The second kappa shape index (κ2) is 5.18. The first-order valence-electron chi connectivity index (χ1n) is 6.88. The molecule has 2 atom stereocenters. The molecule has 0 radical (unpaired) electrons. The van der Waals surface area contributed by atoms with Gasteiger partial charge in [0.15, 0.2) is 21.3 Å². The number of para-hydroxylation sites is 2. The minimum absolute atomic E-state index is 0.249. The Kier molecular flexibility index (Phi) is 3.52. The first-order valence-corrected chi connectivity index (χ1v) is 8.59. The first-order chi connectivity index (χ1) is 9.56. The highest BCUT2D eigenvalue weighted by Gasteiger charge is 2.34. The summed E-state index contributed by atoms with van der Waals surface area (Å²) in [5.41, 5.74) is 7.59. The highest BCUT2D eigenvalue weighted by molar-refractivity contribution is 7.92. The standard InChI is InChI=1S/C14H18N2O3S/c15-10(13-7-3-4-8-20(13,17)18)9-14-16-11-5-1-2-6-12(11)19-14/h1-2,5-6,10,13H,3-4,7-9,15H2. The van der Waals surface area contributed by atoms with Gasteiger partial charge in [0.2, 0.25) is 0 Å². The van der Waals surface area contributed by atoms with E-state index in [0.29, 0.717) is 24.3 Å². The van der Waals surface area contributed by atoms with E-state index in [2.05, 4.69) is 4.98 Å². The minimum Gasteiger partial charge on any atom is -0.441 e. The van der Waals surface area contributed by atoms with Crippen LogP contribution in [0.2, 0.25) is 0 Å². The van der Waals surface area contributed by atoms with Crippen LogP contribution in [0.1, 0.15) is 25.2 Å². The van der Waals surface area contributed by atoms with Gasteiger partial charge in [-0.15, -0.1) is 0 Å². The monoisotopic (exact) mass is 294 g/mol. The Bertz CT molecular complexity index is 675. The van der Waals surface area contributed by atoms with Crippen LogP contribution in [0.3, 0.4) is 0 Å². The summed E-state index contributed by atoms with van der Waals surface area (Å²) < 4.78 is 29.7. The molecule has 2 heterocycles. The Morgan fingerprint density at radius 1 is 1.35 bits per heavy atom. The summed E-state index contributed by atoms with van der Waals surface area (Å²) in [5.74, 6) is 0.762. The largest absolute Gasteiger partial charge is 0.441 e. The zero-order valence-electron chi connectivity index (χ0n) is 11.2. The highest BCUT2D eigenvalue weighted by Crippen LogP contribution is 2.24. The first kappa shape index (κ1) is 13.6. The fraction of sp³-hybridized carbons (Fsp3) is 0.500. The molecule has 108 valence electrons. The lowest BCUT2D eigenvalue weighted by atomic mass is 10.1. The fourth-order valence-corrected chi connectivity index (χ4v) is 4.86. The average molecular weight is 294 g/mol. The number of hydrogen-bond donors (Lipinski definition) is 1. The molecule has 0 amide bonds. The van der Waals surface area contributed by atoms with Gasteiger partial charge < -0.3 is 10.2 Å². The lowest BCUT2D eigenvalue weighted by Crippen LogP contribution is -2.44. The number of nitrogens with two attached hydrogens (primary N) is 1. The molecule has 1 aliphatic rings. The molecule has 0 saturated carbocycles. The summed E-state index contributed by atoms with van der Waals surface area (Å²) in [6.45, 7) is 0. The number of rotatable bonds is 3. The Labute approximate surface area is 118 Å². The number of nitrogens with zero attached hydrogens (tertiary/aromatic N) is 1. The van der Waals surface area contributed by atoms with Gasteiger partial charge in [-0.25, -0.2) is 13.4 Å². The van der Waals surface area contributed by atoms with E-state index in [1.54, 1.807) is 0 Å². The summed E-state index contributed by atoms with van der Waals surface area (Å²) >= 11 is 0. The van der Waals surface area contributed by atoms with Crippen LogP contribution in [-0.2, 0) is 16.3 Å². The number of sulfone groups is 1. The van der Waals surface area contributed by atoms with Crippen LogP contribution in [0.15, 0.2) is 28.7 Å². The maximum absolute atomic E-state index is 12.1. The minimum atomic E-state index is -3.07. The van der Waals surface area contributed by atoms with Crippen molar-refractivity contribution in [2.24, 2.45) is 5.73 Å². The van der Waals surface area contributed by atoms with Crippen molar-refractivity contribution in [1.29, 1.82) is 0 Å². The number of hydrogen-bond acceptors (Lipinski definition) is 5. The molecule has 1 aliphatic heterocycles. The topological polar surface area (TPSA) is 86.2 Å². The van der Waals surface area contributed by atoms with E-state index < -0.39 is 21.1 Å². The molecule has 0 spiro atoms. The summed E-state index contributed by atoms with van der Waals surface area (Å²) in [5, 5.41) is -0.466. The normalized spacial score (nSPS) is 23.8. The smallest absolute Gasteiger partial charge is 0.197 e. The van der Waals surface area contributed by atoms with E-state index in [0.717, 1.165) is 18.4 Å². The van der Waals surface area contributed by atoms with Gasteiger partial charge in [0.25, 0.3) is 0 Å². The van der Waals surface area contributed by atoms with E-state index in [9.17, 15) is 8.42 Å². The van der Waals surface area contributed by atoms with Crippen LogP contribution >= 0.6 is 0 Å². The van der Waals surface area contributed by atoms with Gasteiger partial charge in [-0.2, -0.15) is 0 Å². The van der Waals surface area contributed by atoms with Crippen LogP contribution in [0.5, 0.6) is 0 Å². The molecule has 2 aromatic rings. The van der Waals surface area contributed by atoms with E-state index in [1.165, 1.54) is 0 Å². The molecule has 5 nitrogen and oxygen atoms in total. The zero-order chi connectivity index (χ0) is 14.2. The summed E-state index contributed by atoms with van der Waals surface area (Å²) in [7, 11) is -3.07. The Morgan fingerprint density at radius 2 is 2.15 bits per heavy atom. The molecule has 20 heavy (non-hydrogen) atoms. The highest BCUT2D eigenvalue weighted by atomic mass is 32.2. The van der Waals surface area contributed by atoms with Gasteiger partial charge in [0, 0.05) is 12.5 Å². The Hall–Kier alpha value is -1.40. The quantitative estimate of drug-likeness (QED) is 0.930. The van der Waals surface area contributed by atoms with Crippen molar-refractivity contribution in [3.8, 4) is 0 Å². The van der Waals surface area contributed by atoms with Crippen LogP contribution in [0.4, 0.5) is 0 Å². The number of aromatic nitrogens is 1. The molecule has 6 heteroatoms. The van der Waals surface area contributed by atoms with Crippen LogP contribution < -0.4 is 5.73 Å². The maximum atomic E-state index is 12.1. The summed E-state index contributed by atoms with van der Waals surface area (Å²) in [6.07, 6.45) is 2.67. The molecular formula is C14H18N2O3S. The zero-order valence-corrected chi connectivity index (χ0v) is 12.0. The molecule has 1 aromatic carbocycles. The molecule has 1 saturated heterocycles. The molecule has 2 N–H and O–H groups in total. The number of fused-ring (bicyclic) bond motifs is 1. The lowest BCUT2D eigenvalue weighted by molar-refractivity contribution is 0.454. The van der Waals surface area contributed by atoms with Crippen LogP contribution in [-0.4, -0.2) is 30.4 Å². The molecule has 3 rings (SSSR count). The van der Waals surface area contributed by atoms with Crippen molar-refractivity contribution in [2.75, 3.05) is 5.75 Å². The van der Waals surface area contributed by atoms with Crippen molar-refractivity contribution < 1.29 is 12.8 Å². The van der Waals surface area contributed by atoms with Crippen molar-refractivity contribution in [3.05, 3.63) is 30.2 Å². The number of benzene rings is 1. The van der Waals surface area contributed by atoms with Crippen molar-refractivity contribution >= 4 is 20.9 Å². The Balaban J connectivity index is 1.79. The van der Waals surface area contributed by atoms with Crippen molar-refractivity contribution in [1.82, 2.24) is 4.98 Å². The second-order valence-electron chi connectivity index (χ2n) is 5.34. The molecule has 2 unspecified atom stereocenters. The van der Waals surface area contributed by atoms with E-state index in [4.69, 9.17) is 10.2 Å². The summed E-state index contributed by atoms with van der Waals surface area (Å²) in [6, 6.07) is 7.02. The predicted octanol–water partition coefficient (Wildman–Crippen LogP) is 1.66. The second-order valence-corrected chi connectivity index (χ2v) is 7.68. The third-order valence-corrected chi connectivity index (χ3v) is 6.22. The third-order valence-electron chi connectivity index (χ3n) is 3.85. The van der Waals surface area contributed by atoms with Gasteiger partial charge in [0.05, 0.1) is 11.0 Å². The van der Waals surface area contributed by atoms with Gasteiger partial charge in [0.1, 0.15) is 5.52 Å². The molecule has 1 aromatic heterocycles. The van der Waals surface area contributed by atoms with Crippen LogP contribution in [0.25, 0.3) is 11.1 Å². The van der Waals surface area contributed by atoms with Gasteiger partial charge >= 0.3 is 0 Å². The van der Waals surface area contributed by atoms with Crippen LogP contribution in [0, 0.1) is 0 Å². The third kappa shape index (κ3) is 2.58. The van der Waals surface area contributed by atoms with Crippen molar-refractivity contribution in [2.45, 2.75) is 37.0 Å².